The molecule has 1 spiro atoms. The van der Waals surface area contributed by atoms with Crippen LogP contribution < -0.4 is 0 Å². The average Bonchev–Trinajstić information content (AvgIpc) is 3.05. The molecule has 1 aliphatic heterocycles. The lowest BCUT2D eigenvalue weighted by molar-refractivity contribution is -0.143. The summed E-state index contributed by atoms with van der Waals surface area (Å²) in [6.07, 6.45) is 2.07. The van der Waals surface area contributed by atoms with Crippen LogP contribution in [0.15, 0.2) is 29.8 Å². The van der Waals surface area contributed by atoms with Gasteiger partial charge in [0.2, 0.25) is 0 Å². The molecular formula is C19H23ClO6S. The number of benzene rings is 1. The Labute approximate surface area is 164 Å². The van der Waals surface area contributed by atoms with Crippen molar-refractivity contribution in [1.82, 2.24) is 0 Å². The number of hydrogen-bond donors (Lipinski definition) is 0. The molecule has 1 atom stereocenters. The van der Waals surface area contributed by atoms with E-state index in [9.17, 15) is 13.2 Å². The second-order valence-corrected chi connectivity index (χ2v) is 9.35. The maximum absolute atomic E-state index is 13.1. The largest absolute Gasteiger partial charge is 0.463 e. The predicted octanol–water partition coefficient (Wildman–Crippen LogP) is 2.96. The fraction of sp³-hybridized carbons (Fsp3) is 0.526. The van der Waals surface area contributed by atoms with Gasteiger partial charge in [0.05, 0.1) is 36.4 Å². The third kappa shape index (κ3) is 4.37. The molecular weight excluding hydrogens is 392 g/mol. The third-order valence-corrected chi connectivity index (χ3v) is 7.19. The van der Waals surface area contributed by atoms with E-state index in [4.69, 9.17) is 25.8 Å². The van der Waals surface area contributed by atoms with Crippen LogP contribution in [0, 0.1) is 6.92 Å². The minimum Gasteiger partial charge on any atom is -0.463 e. The van der Waals surface area contributed by atoms with Gasteiger partial charge < -0.3 is 14.2 Å². The smallest absolute Gasteiger partial charge is 0.335 e. The minimum atomic E-state index is -3.70. The molecule has 6 nitrogen and oxygen atoms in total. The molecule has 1 aromatic carbocycles. The molecule has 1 heterocycles. The van der Waals surface area contributed by atoms with Crippen molar-refractivity contribution in [3.63, 3.8) is 0 Å². The van der Waals surface area contributed by atoms with E-state index >= 15 is 0 Å². The van der Waals surface area contributed by atoms with Gasteiger partial charge in [-0.2, -0.15) is 0 Å². The summed E-state index contributed by atoms with van der Waals surface area (Å²) in [4.78, 5) is 12.5. The highest BCUT2D eigenvalue weighted by atomic mass is 35.5. The van der Waals surface area contributed by atoms with Gasteiger partial charge in [-0.3, -0.25) is 0 Å². The molecule has 1 fully saturated rings. The van der Waals surface area contributed by atoms with Gasteiger partial charge in [0.25, 0.3) is 0 Å². The maximum Gasteiger partial charge on any atom is 0.335 e. The summed E-state index contributed by atoms with van der Waals surface area (Å²) < 4.78 is 42.6. The van der Waals surface area contributed by atoms with Crippen LogP contribution in [0.3, 0.4) is 0 Å². The number of esters is 1. The Hall–Kier alpha value is -1.41. The molecule has 1 aliphatic carbocycles. The Balaban J connectivity index is 1.93. The van der Waals surface area contributed by atoms with Gasteiger partial charge in [0.1, 0.15) is 0 Å². The molecule has 3 rings (SSSR count). The van der Waals surface area contributed by atoms with Gasteiger partial charge in [-0.05, 0) is 43.5 Å². The number of ether oxygens (including phenoxy) is 3. The lowest BCUT2D eigenvalue weighted by Gasteiger charge is -2.33. The standard InChI is InChI=1S/C19H23ClO6S/c1-3-24-18(21)15-11-19(25-8-9-26-19)7-6-17(15)27(22,23)12-14-5-4-13(2)10-16(14)20/h4-5,10-11,17H,3,6-9,12H2,1-2H3. The topological polar surface area (TPSA) is 78.9 Å². The van der Waals surface area contributed by atoms with Gasteiger partial charge >= 0.3 is 5.97 Å². The highest BCUT2D eigenvalue weighted by molar-refractivity contribution is 7.91. The van der Waals surface area contributed by atoms with E-state index in [-0.39, 0.29) is 24.4 Å². The van der Waals surface area contributed by atoms with Crippen LogP contribution in [0.4, 0.5) is 0 Å². The van der Waals surface area contributed by atoms with Gasteiger partial charge in [0.15, 0.2) is 15.6 Å². The van der Waals surface area contributed by atoms with E-state index in [0.29, 0.717) is 30.2 Å². The number of sulfone groups is 1. The fourth-order valence-electron chi connectivity index (χ4n) is 3.45. The van der Waals surface area contributed by atoms with E-state index < -0.39 is 26.8 Å². The number of hydrogen-bond acceptors (Lipinski definition) is 6. The molecule has 1 unspecified atom stereocenters. The number of carbonyl (C=O) groups is 1. The number of rotatable bonds is 5. The second-order valence-electron chi connectivity index (χ2n) is 6.76. The van der Waals surface area contributed by atoms with Crippen LogP contribution in [0.1, 0.15) is 30.9 Å². The molecule has 1 saturated heterocycles. The van der Waals surface area contributed by atoms with Crippen molar-refractivity contribution >= 4 is 27.4 Å². The number of carbonyl (C=O) groups excluding carboxylic acids is 1. The maximum atomic E-state index is 13.1. The van der Waals surface area contributed by atoms with Crippen molar-refractivity contribution in [2.75, 3.05) is 19.8 Å². The first kappa shape index (κ1) is 20.3. The number of halogens is 1. The zero-order valence-corrected chi connectivity index (χ0v) is 16.9. The molecule has 2 aliphatic rings. The van der Waals surface area contributed by atoms with E-state index in [1.54, 1.807) is 19.1 Å². The zero-order chi connectivity index (χ0) is 19.7. The van der Waals surface area contributed by atoms with Crippen molar-refractivity contribution in [2.24, 2.45) is 0 Å². The van der Waals surface area contributed by atoms with Gasteiger partial charge in [-0.1, -0.05) is 23.7 Å². The van der Waals surface area contributed by atoms with Crippen LogP contribution >= 0.6 is 11.6 Å². The Kier molecular flexibility index (Phi) is 5.96. The fourth-order valence-corrected chi connectivity index (χ4v) is 5.75. The summed E-state index contributed by atoms with van der Waals surface area (Å²) in [6, 6.07) is 5.25. The molecule has 0 saturated carbocycles. The van der Waals surface area contributed by atoms with E-state index in [2.05, 4.69) is 0 Å². The molecule has 8 heteroatoms. The zero-order valence-electron chi connectivity index (χ0n) is 15.4. The van der Waals surface area contributed by atoms with Crippen LogP contribution in [-0.4, -0.2) is 45.2 Å². The molecule has 148 valence electrons. The molecule has 0 aromatic heterocycles. The molecule has 0 N–H and O–H groups in total. The normalized spacial score (nSPS) is 21.9. The van der Waals surface area contributed by atoms with Crippen LogP contribution in [0.5, 0.6) is 0 Å². The van der Waals surface area contributed by atoms with Crippen LogP contribution in [0.25, 0.3) is 0 Å². The lowest BCUT2D eigenvalue weighted by atomic mass is 9.94. The van der Waals surface area contributed by atoms with Crippen LogP contribution in [0.2, 0.25) is 5.02 Å². The first-order valence-corrected chi connectivity index (χ1v) is 11.0. The van der Waals surface area contributed by atoms with Crippen molar-refractivity contribution in [3.8, 4) is 0 Å². The number of aryl methyl sites for hydroxylation is 1. The highest BCUT2D eigenvalue weighted by Crippen LogP contribution is 2.38. The van der Waals surface area contributed by atoms with Gasteiger partial charge in [0, 0.05) is 11.4 Å². The quantitative estimate of drug-likeness (QED) is 0.689. The second kappa shape index (κ2) is 7.91. The summed E-state index contributed by atoms with van der Waals surface area (Å²) in [5.41, 5.74) is 1.54. The van der Waals surface area contributed by atoms with Gasteiger partial charge in [-0.25, -0.2) is 13.2 Å². The Bertz CT molecular complexity index is 855. The minimum absolute atomic E-state index is 0.0771. The summed E-state index contributed by atoms with van der Waals surface area (Å²) >= 11 is 6.21. The molecule has 1 aromatic rings. The Morgan fingerprint density at radius 1 is 1.33 bits per heavy atom. The first-order chi connectivity index (χ1) is 12.8. The van der Waals surface area contributed by atoms with Crippen molar-refractivity contribution in [1.29, 1.82) is 0 Å². The SMILES string of the molecule is CCOC(=O)C1=CC2(CCC1S(=O)(=O)Cc1ccc(C)cc1Cl)OCCO2. The highest BCUT2D eigenvalue weighted by Gasteiger charge is 2.46. The van der Waals surface area contributed by atoms with Crippen LogP contribution in [-0.2, 0) is 34.6 Å². The third-order valence-electron chi connectivity index (χ3n) is 4.76. The Morgan fingerprint density at radius 2 is 2.04 bits per heavy atom. The van der Waals surface area contributed by atoms with E-state index in [0.717, 1.165) is 5.56 Å². The first-order valence-electron chi connectivity index (χ1n) is 8.91. The average molecular weight is 415 g/mol. The summed E-state index contributed by atoms with van der Waals surface area (Å²) in [5.74, 6) is -1.93. The molecule has 0 bridgehead atoms. The molecule has 0 radical (unpaired) electrons. The Morgan fingerprint density at radius 3 is 2.67 bits per heavy atom. The summed E-state index contributed by atoms with van der Waals surface area (Å²) in [7, 11) is -3.70. The van der Waals surface area contributed by atoms with Crippen molar-refractivity contribution in [2.45, 2.75) is 43.5 Å². The summed E-state index contributed by atoms with van der Waals surface area (Å²) in [6.45, 7) is 4.52. The molecule has 0 amide bonds. The van der Waals surface area contributed by atoms with Gasteiger partial charge in [-0.15, -0.1) is 0 Å². The predicted molar refractivity (Wildman–Crippen MR) is 101 cm³/mol. The van der Waals surface area contributed by atoms with Crippen molar-refractivity contribution < 1.29 is 27.4 Å². The monoisotopic (exact) mass is 414 g/mol. The van der Waals surface area contributed by atoms with Crippen molar-refractivity contribution in [3.05, 3.63) is 46.0 Å². The summed E-state index contributed by atoms with van der Waals surface area (Å²) in [5, 5.41) is -0.581. The van der Waals surface area contributed by atoms with E-state index in [1.807, 2.05) is 13.0 Å². The van der Waals surface area contributed by atoms with E-state index in [1.165, 1.54) is 6.08 Å². The molecule has 27 heavy (non-hydrogen) atoms. The lowest BCUT2D eigenvalue weighted by Crippen LogP contribution is -2.40.